The summed E-state index contributed by atoms with van der Waals surface area (Å²) >= 11 is 0. The third-order valence-corrected chi connectivity index (χ3v) is 4.80. The van der Waals surface area contributed by atoms with E-state index in [4.69, 9.17) is 5.11 Å². The van der Waals surface area contributed by atoms with Crippen molar-refractivity contribution in [2.45, 2.75) is 33.1 Å². The summed E-state index contributed by atoms with van der Waals surface area (Å²) in [5.41, 5.74) is 1.08. The largest absolute Gasteiger partial charge is 0.480 e. The summed E-state index contributed by atoms with van der Waals surface area (Å²) in [5.74, 6) is -1.25. The Morgan fingerprint density at radius 1 is 1.15 bits per heavy atom. The number of hydrogen-bond donors (Lipinski definition) is 1. The first-order valence-electron chi connectivity index (χ1n) is 9.21. The van der Waals surface area contributed by atoms with Gasteiger partial charge in [0.2, 0.25) is 11.8 Å². The van der Waals surface area contributed by atoms with Crippen molar-refractivity contribution in [2.24, 2.45) is 11.8 Å². The van der Waals surface area contributed by atoms with E-state index in [0.29, 0.717) is 38.9 Å². The first-order valence-corrected chi connectivity index (χ1v) is 9.21. The van der Waals surface area contributed by atoms with Gasteiger partial charge in [-0.1, -0.05) is 44.2 Å². The maximum Gasteiger partial charge on any atom is 0.323 e. The predicted octanol–water partition coefficient (Wildman–Crippen LogP) is 2.04. The first-order chi connectivity index (χ1) is 12.4. The van der Waals surface area contributed by atoms with E-state index >= 15 is 0 Å². The van der Waals surface area contributed by atoms with Crippen molar-refractivity contribution in [3.8, 4) is 0 Å². The number of hydrogen-bond acceptors (Lipinski definition) is 3. The summed E-state index contributed by atoms with van der Waals surface area (Å²) in [6.07, 6.45) is 1.82. The molecule has 1 heterocycles. The predicted molar refractivity (Wildman–Crippen MR) is 98.5 cm³/mol. The fourth-order valence-electron chi connectivity index (χ4n) is 3.31. The van der Waals surface area contributed by atoms with Crippen molar-refractivity contribution in [1.82, 2.24) is 9.80 Å². The molecule has 1 fully saturated rings. The van der Waals surface area contributed by atoms with Gasteiger partial charge in [0.05, 0.1) is 0 Å². The average Bonchev–Trinajstić information content (AvgIpc) is 2.64. The highest BCUT2D eigenvalue weighted by molar-refractivity contribution is 5.84. The Labute approximate surface area is 154 Å². The minimum Gasteiger partial charge on any atom is -0.480 e. The zero-order valence-electron chi connectivity index (χ0n) is 15.6. The van der Waals surface area contributed by atoms with Gasteiger partial charge in [0.25, 0.3) is 0 Å². The number of carbonyl (C=O) groups excluding carboxylic acids is 2. The number of piperidine rings is 1. The van der Waals surface area contributed by atoms with Crippen LogP contribution in [0.4, 0.5) is 0 Å². The van der Waals surface area contributed by atoms with Crippen molar-refractivity contribution < 1.29 is 19.5 Å². The molecule has 0 unspecified atom stereocenters. The second-order valence-corrected chi connectivity index (χ2v) is 7.14. The highest BCUT2D eigenvalue weighted by Crippen LogP contribution is 2.21. The van der Waals surface area contributed by atoms with E-state index in [1.54, 1.807) is 4.90 Å². The number of amides is 2. The van der Waals surface area contributed by atoms with Gasteiger partial charge in [-0.2, -0.15) is 0 Å². The van der Waals surface area contributed by atoms with Crippen molar-refractivity contribution in [1.29, 1.82) is 0 Å². The fraction of sp³-hybridized carbons (Fsp3) is 0.550. The van der Waals surface area contributed by atoms with Gasteiger partial charge in [0.15, 0.2) is 0 Å². The maximum absolute atomic E-state index is 12.8. The second-order valence-electron chi connectivity index (χ2n) is 7.14. The van der Waals surface area contributed by atoms with Crippen LogP contribution in [0.15, 0.2) is 30.3 Å². The lowest BCUT2D eigenvalue weighted by Crippen LogP contribution is -2.47. The van der Waals surface area contributed by atoms with E-state index in [-0.39, 0.29) is 30.2 Å². The molecule has 6 heteroatoms. The lowest BCUT2D eigenvalue weighted by Gasteiger charge is -2.34. The van der Waals surface area contributed by atoms with Gasteiger partial charge in [0, 0.05) is 31.5 Å². The number of aliphatic carboxylic acids is 1. The van der Waals surface area contributed by atoms with E-state index in [2.05, 4.69) is 0 Å². The molecule has 1 aliphatic heterocycles. The molecule has 1 saturated heterocycles. The molecule has 1 aromatic rings. The van der Waals surface area contributed by atoms with E-state index in [1.807, 2.05) is 44.2 Å². The summed E-state index contributed by atoms with van der Waals surface area (Å²) < 4.78 is 0. The molecule has 1 N–H and O–H groups in total. The van der Waals surface area contributed by atoms with Gasteiger partial charge >= 0.3 is 5.97 Å². The smallest absolute Gasteiger partial charge is 0.323 e. The first kappa shape index (κ1) is 19.9. The van der Waals surface area contributed by atoms with Gasteiger partial charge in [-0.05, 0) is 24.8 Å². The molecule has 0 saturated carbocycles. The van der Waals surface area contributed by atoms with Gasteiger partial charge in [0.1, 0.15) is 6.54 Å². The third-order valence-electron chi connectivity index (χ3n) is 4.80. The zero-order chi connectivity index (χ0) is 19.1. The van der Waals surface area contributed by atoms with Crippen molar-refractivity contribution in [3.05, 3.63) is 35.9 Å². The molecule has 0 radical (unpaired) electrons. The minimum absolute atomic E-state index is 0.0448. The van der Waals surface area contributed by atoms with Crippen LogP contribution >= 0.6 is 0 Å². The fourth-order valence-corrected chi connectivity index (χ4v) is 3.31. The number of carboxylic acids is 1. The summed E-state index contributed by atoms with van der Waals surface area (Å²) in [4.78, 5) is 39.3. The number of likely N-dealkylation sites (tertiary alicyclic amines) is 1. The molecule has 142 valence electrons. The molecule has 6 nitrogen and oxygen atoms in total. The monoisotopic (exact) mass is 360 g/mol. The number of nitrogens with zero attached hydrogens (tertiary/aromatic N) is 2. The van der Waals surface area contributed by atoms with Gasteiger partial charge in [-0.25, -0.2) is 0 Å². The van der Waals surface area contributed by atoms with Crippen molar-refractivity contribution in [2.75, 3.05) is 26.2 Å². The lowest BCUT2D eigenvalue weighted by atomic mass is 9.94. The SMILES string of the molecule is CC(C)C(=O)N1CCC(C(=O)N(CCc2ccccc2)CC(=O)O)CC1. The molecule has 0 spiro atoms. The van der Waals surface area contributed by atoms with Crippen LogP contribution in [-0.4, -0.2) is 58.9 Å². The standard InChI is InChI=1S/C20H28N2O4/c1-15(2)19(25)21-12-9-17(10-13-21)20(26)22(14-18(23)24)11-8-16-6-4-3-5-7-16/h3-7,15,17H,8-14H2,1-2H3,(H,23,24). The molecule has 2 rings (SSSR count). The molecule has 2 amide bonds. The third kappa shape index (κ3) is 5.58. The van der Waals surface area contributed by atoms with Crippen molar-refractivity contribution in [3.63, 3.8) is 0 Å². The molecular formula is C20H28N2O4. The normalized spacial score (nSPS) is 15.1. The number of benzene rings is 1. The molecule has 26 heavy (non-hydrogen) atoms. The van der Waals surface area contributed by atoms with Crippen LogP contribution < -0.4 is 0 Å². The molecule has 0 bridgehead atoms. The van der Waals surface area contributed by atoms with Gasteiger partial charge in [-0.15, -0.1) is 0 Å². The highest BCUT2D eigenvalue weighted by Gasteiger charge is 2.31. The van der Waals surface area contributed by atoms with Crippen LogP contribution in [0.2, 0.25) is 0 Å². The highest BCUT2D eigenvalue weighted by atomic mass is 16.4. The molecule has 0 atom stereocenters. The van der Waals surface area contributed by atoms with Crippen LogP contribution in [0.25, 0.3) is 0 Å². The van der Waals surface area contributed by atoms with Gasteiger partial charge < -0.3 is 14.9 Å². The summed E-state index contributed by atoms with van der Waals surface area (Å²) in [7, 11) is 0. The quantitative estimate of drug-likeness (QED) is 0.807. The topological polar surface area (TPSA) is 77.9 Å². The molecule has 0 aromatic heterocycles. The Hall–Kier alpha value is -2.37. The number of carboxylic acid groups (broad SMARTS) is 1. The average molecular weight is 360 g/mol. The van der Waals surface area contributed by atoms with Crippen molar-refractivity contribution >= 4 is 17.8 Å². The van der Waals surface area contributed by atoms with E-state index in [0.717, 1.165) is 5.56 Å². The van der Waals surface area contributed by atoms with Crippen LogP contribution in [0.5, 0.6) is 0 Å². The van der Waals surface area contributed by atoms with E-state index in [9.17, 15) is 14.4 Å². The molecule has 1 aliphatic rings. The number of rotatable bonds is 7. The molecular weight excluding hydrogens is 332 g/mol. The Bertz CT molecular complexity index is 622. The van der Waals surface area contributed by atoms with E-state index in [1.165, 1.54) is 4.90 Å². The van der Waals surface area contributed by atoms with E-state index < -0.39 is 5.97 Å². The Kier molecular flexibility index (Phi) is 7.18. The Balaban J connectivity index is 1.94. The van der Waals surface area contributed by atoms with Crippen LogP contribution in [0.1, 0.15) is 32.3 Å². The second kappa shape index (κ2) is 9.36. The minimum atomic E-state index is -1.00. The van der Waals surface area contributed by atoms with Gasteiger partial charge in [-0.3, -0.25) is 14.4 Å². The van der Waals surface area contributed by atoms with Crippen LogP contribution in [0, 0.1) is 11.8 Å². The lowest BCUT2D eigenvalue weighted by molar-refractivity contribution is -0.148. The summed E-state index contributed by atoms with van der Waals surface area (Å²) in [5, 5.41) is 9.16. The summed E-state index contributed by atoms with van der Waals surface area (Å²) in [6, 6.07) is 9.73. The Morgan fingerprint density at radius 3 is 2.31 bits per heavy atom. The molecule has 0 aliphatic carbocycles. The Morgan fingerprint density at radius 2 is 1.77 bits per heavy atom. The maximum atomic E-state index is 12.8. The molecule has 1 aromatic carbocycles. The zero-order valence-corrected chi connectivity index (χ0v) is 15.6. The van der Waals surface area contributed by atoms with Crippen LogP contribution in [0.3, 0.4) is 0 Å². The van der Waals surface area contributed by atoms with Crippen LogP contribution in [-0.2, 0) is 20.8 Å². The summed E-state index contributed by atoms with van der Waals surface area (Å²) in [6.45, 7) is 4.98. The number of carbonyl (C=O) groups is 3.